The molecule has 14 nitrogen and oxygen atoms in total. The molecule has 0 fully saturated rings. The molecule has 0 spiro atoms. The number of amides is 2. The lowest BCUT2D eigenvalue weighted by Gasteiger charge is -2.18. The fourth-order valence-electron chi connectivity index (χ4n) is 5.30. The van der Waals surface area contributed by atoms with Gasteiger partial charge in [0.2, 0.25) is 5.69 Å². The number of aromatic nitrogens is 1. The van der Waals surface area contributed by atoms with Crippen LogP contribution in [0.4, 0.5) is 5.69 Å². The summed E-state index contributed by atoms with van der Waals surface area (Å²) in [6.07, 6.45) is 0.178. The molecular formula is C29H33N4O10S2+. The number of hydrogen-bond donors (Lipinski definition) is 5. The minimum Gasteiger partial charge on any atom is -0.480 e. The van der Waals surface area contributed by atoms with Gasteiger partial charge in [0.15, 0.2) is 5.71 Å². The van der Waals surface area contributed by atoms with Crippen LogP contribution in [0.2, 0.25) is 0 Å². The fourth-order valence-corrected chi connectivity index (χ4v) is 6.15. The van der Waals surface area contributed by atoms with Gasteiger partial charge in [-0.1, -0.05) is 18.2 Å². The van der Waals surface area contributed by atoms with Crippen LogP contribution in [-0.4, -0.2) is 95.2 Å². The van der Waals surface area contributed by atoms with Gasteiger partial charge >= 0.3 is 5.97 Å². The Morgan fingerprint density at radius 3 is 2.04 bits per heavy atom. The van der Waals surface area contributed by atoms with Crippen LogP contribution in [0.3, 0.4) is 0 Å². The number of nitrogens with zero attached hydrogens (tertiary/aromatic N) is 2. The zero-order valence-corrected chi connectivity index (χ0v) is 26.3. The van der Waals surface area contributed by atoms with Crippen molar-refractivity contribution in [2.45, 2.75) is 32.6 Å². The SMILES string of the molecule is CC1=[N+](CCCS(=O)(=O)O)c2c(cc(-c3cc(C(=O)NCCS(=O)(=O)O)nc(C(=O)NCC(=O)O)c3)c3ccccc23)C1(C)C. The Morgan fingerprint density at radius 1 is 0.889 bits per heavy atom. The third-order valence-corrected chi connectivity index (χ3v) is 9.22. The van der Waals surface area contributed by atoms with E-state index in [1.54, 1.807) is 0 Å². The maximum atomic E-state index is 13.0. The van der Waals surface area contributed by atoms with Crippen LogP contribution < -0.4 is 10.6 Å². The molecule has 0 saturated heterocycles. The van der Waals surface area contributed by atoms with Gasteiger partial charge in [0.25, 0.3) is 32.1 Å². The van der Waals surface area contributed by atoms with E-state index in [4.69, 9.17) is 9.66 Å². The smallest absolute Gasteiger partial charge is 0.322 e. The molecule has 1 aliphatic heterocycles. The summed E-state index contributed by atoms with van der Waals surface area (Å²) in [6.45, 7) is 5.15. The average Bonchev–Trinajstić information content (AvgIpc) is 3.14. The summed E-state index contributed by atoms with van der Waals surface area (Å²) >= 11 is 0. The largest absolute Gasteiger partial charge is 0.480 e. The first kappa shape index (κ1) is 33.6. The van der Waals surface area contributed by atoms with Gasteiger partial charge < -0.3 is 15.7 Å². The van der Waals surface area contributed by atoms with Crippen LogP contribution in [-0.2, 0) is 30.4 Å². The molecule has 4 rings (SSSR count). The molecule has 45 heavy (non-hydrogen) atoms. The molecule has 2 heterocycles. The topological polar surface area (TPSA) is 220 Å². The number of hydrogen-bond acceptors (Lipinski definition) is 8. The number of carbonyl (C=O) groups excluding carboxylic acids is 2. The Hall–Kier alpha value is -4.25. The second-order valence-electron chi connectivity index (χ2n) is 11.1. The van der Waals surface area contributed by atoms with Crippen molar-refractivity contribution in [3.05, 3.63) is 59.4 Å². The predicted octanol–water partition coefficient (Wildman–Crippen LogP) is 2.01. The maximum Gasteiger partial charge on any atom is 0.322 e. The lowest BCUT2D eigenvalue weighted by atomic mass is 9.79. The minimum absolute atomic E-state index is 0.178. The first-order chi connectivity index (χ1) is 20.9. The molecule has 1 aliphatic rings. The van der Waals surface area contributed by atoms with Gasteiger partial charge in [-0.15, -0.1) is 0 Å². The Bertz CT molecular complexity index is 1970. The number of carbonyl (C=O) groups is 3. The molecule has 0 aliphatic carbocycles. The van der Waals surface area contributed by atoms with Gasteiger partial charge in [-0.25, -0.2) is 4.98 Å². The summed E-state index contributed by atoms with van der Waals surface area (Å²) in [5.74, 6) is -4.12. The zero-order chi connectivity index (χ0) is 33.3. The summed E-state index contributed by atoms with van der Waals surface area (Å²) < 4.78 is 65.4. The highest BCUT2D eigenvalue weighted by molar-refractivity contribution is 7.86. The van der Waals surface area contributed by atoms with Crippen molar-refractivity contribution >= 4 is 60.2 Å². The van der Waals surface area contributed by atoms with Gasteiger partial charge in [-0.05, 0) is 54.6 Å². The molecule has 240 valence electrons. The van der Waals surface area contributed by atoms with Crippen LogP contribution >= 0.6 is 0 Å². The van der Waals surface area contributed by atoms with E-state index in [1.165, 1.54) is 12.1 Å². The quantitative estimate of drug-likeness (QED) is 0.140. The second kappa shape index (κ2) is 12.6. The highest BCUT2D eigenvalue weighted by Crippen LogP contribution is 2.47. The summed E-state index contributed by atoms with van der Waals surface area (Å²) in [5, 5.41) is 15.1. The van der Waals surface area contributed by atoms with E-state index in [1.807, 2.05) is 55.7 Å². The fraction of sp³-hybridized carbons (Fsp3) is 0.345. The predicted molar refractivity (Wildman–Crippen MR) is 165 cm³/mol. The molecule has 1 aromatic heterocycles. The van der Waals surface area contributed by atoms with Crippen molar-refractivity contribution in [2.24, 2.45) is 0 Å². The van der Waals surface area contributed by atoms with E-state index < -0.39 is 68.0 Å². The van der Waals surface area contributed by atoms with E-state index in [-0.39, 0.29) is 17.8 Å². The first-order valence-corrected chi connectivity index (χ1v) is 17.0. The number of nitrogens with one attached hydrogen (secondary N) is 2. The molecule has 16 heteroatoms. The normalized spacial score (nSPS) is 14.3. The molecule has 2 aromatic carbocycles. The third kappa shape index (κ3) is 7.70. The van der Waals surface area contributed by atoms with Crippen molar-refractivity contribution in [2.75, 3.05) is 31.1 Å². The van der Waals surface area contributed by atoms with Gasteiger partial charge in [-0.3, -0.25) is 23.5 Å². The first-order valence-electron chi connectivity index (χ1n) is 13.8. The van der Waals surface area contributed by atoms with Gasteiger partial charge in [0.1, 0.15) is 24.5 Å². The van der Waals surface area contributed by atoms with Crippen molar-refractivity contribution < 1.29 is 50.0 Å². The van der Waals surface area contributed by atoms with Crippen LogP contribution in [0.1, 0.15) is 53.7 Å². The third-order valence-electron chi connectivity index (χ3n) is 7.70. The average molecular weight is 662 g/mol. The van der Waals surface area contributed by atoms with E-state index in [9.17, 15) is 35.8 Å². The molecule has 0 radical (unpaired) electrons. The van der Waals surface area contributed by atoms with E-state index in [0.717, 1.165) is 27.7 Å². The van der Waals surface area contributed by atoms with E-state index in [0.29, 0.717) is 17.7 Å². The molecule has 3 aromatic rings. The highest BCUT2D eigenvalue weighted by atomic mass is 32.2. The zero-order valence-electron chi connectivity index (χ0n) is 24.7. The molecular weight excluding hydrogens is 628 g/mol. The van der Waals surface area contributed by atoms with Crippen LogP contribution in [0.5, 0.6) is 0 Å². The van der Waals surface area contributed by atoms with Crippen molar-refractivity contribution in [1.82, 2.24) is 15.6 Å². The Morgan fingerprint density at radius 2 is 1.47 bits per heavy atom. The van der Waals surface area contributed by atoms with Gasteiger partial charge in [-0.2, -0.15) is 21.4 Å². The van der Waals surface area contributed by atoms with Gasteiger partial charge in [0, 0.05) is 25.5 Å². The standard InChI is InChI=1S/C29H32N4O10S2/c1-17-29(2,3)22-15-21(19-7-4-5-8-20(19)26(22)33(17)10-6-11-44(38,39)40)18-13-23(27(36)30-9-12-45(41,42)43)32-24(14-18)28(37)31-16-25(34)35/h4-5,7-8,13-15H,6,9-12,16H2,1-3H3,(H4-,30,31,34,35,36,37,38,39,40,41,42,43)/p+1. The summed E-state index contributed by atoms with van der Waals surface area (Å²) in [5.41, 5.74) is 2.65. The number of carboxylic acid groups (broad SMARTS) is 1. The molecule has 0 bridgehead atoms. The van der Waals surface area contributed by atoms with Crippen molar-refractivity contribution in [3.8, 4) is 11.1 Å². The van der Waals surface area contributed by atoms with Crippen LogP contribution in [0, 0.1) is 0 Å². The molecule has 0 unspecified atom stereocenters. The monoisotopic (exact) mass is 661 g/mol. The molecule has 2 amide bonds. The number of pyridine rings is 1. The molecule has 0 saturated carbocycles. The number of fused-ring (bicyclic) bond motifs is 3. The van der Waals surface area contributed by atoms with Crippen LogP contribution in [0.15, 0.2) is 42.5 Å². The maximum absolute atomic E-state index is 13.0. The highest BCUT2D eigenvalue weighted by Gasteiger charge is 2.44. The Kier molecular flexibility index (Phi) is 9.44. The summed E-state index contributed by atoms with van der Waals surface area (Å²) in [7, 11) is -8.51. The number of rotatable bonds is 12. The van der Waals surface area contributed by atoms with E-state index >= 15 is 0 Å². The van der Waals surface area contributed by atoms with Crippen molar-refractivity contribution in [1.29, 1.82) is 0 Å². The summed E-state index contributed by atoms with van der Waals surface area (Å²) in [6, 6.07) is 12.1. The number of aliphatic carboxylic acids is 1. The molecule has 5 N–H and O–H groups in total. The van der Waals surface area contributed by atoms with Crippen molar-refractivity contribution in [3.63, 3.8) is 0 Å². The Balaban J connectivity index is 1.88. The lowest BCUT2D eigenvalue weighted by Crippen LogP contribution is -2.32. The van der Waals surface area contributed by atoms with Crippen LogP contribution in [0.25, 0.3) is 21.9 Å². The van der Waals surface area contributed by atoms with E-state index in [2.05, 4.69) is 15.6 Å². The van der Waals surface area contributed by atoms with Gasteiger partial charge in [0.05, 0.1) is 22.3 Å². The Labute approximate surface area is 259 Å². The lowest BCUT2D eigenvalue weighted by molar-refractivity contribution is -0.437. The number of benzene rings is 2. The minimum atomic E-state index is -4.36. The summed E-state index contributed by atoms with van der Waals surface area (Å²) in [4.78, 5) is 41.1. The molecule has 0 atom stereocenters. The second-order valence-corrected chi connectivity index (χ2v) is 14.3. The number of carboxylic acids is 1.